The monoisotopic (exact) mass is 308 g/mol. The molecule has 1 atom stereocenters. The summed E-state index contributed by atoms with van der Waals surface area (Å²) in [6.45, 7) is 5.22. The van der Waals surface area contributed by atoms with E-state index in [0.717, 1.165) is 6.07 Å². The molecular formula is C13H19F3N2O3. The number of amides is 1. The molecule has 21 heavy (non-hydrogen) atoms. The Bertz CT molecular complexity index is 478. The topological polar surface area (TPSA) is 77.5 Å². The largest absolute Gasteiger partial charge is 0.456 e. The Morgan fingerprint density at radius 2 is 2.00 bits per heavy atom. The third-order valence-corrected chi connectivity index (χ3v) is 2.31. The SMILES string of the molecule is CC(C)(C)OC(=O)NCC(N)Cc1ccc(C(F)(F)F)o1. The second kappa shape index (κ2) is 6.38. The summed E-state index contributed by atoms with van der Waals surface area (Å²) < 4.78 is 46.7. The van der Waals surface area contributed by atoms with E-state index in [9.17, 15) is 18.0 Å². The van der Waals surface area contributed by atoms with Crippen LogP contribution in [0.1, 0.15) is 32.3 Å². The summed E-state index contributed by atoms with van der Waals surface area (Å²) in [5.74, 6) is -0.953. The highest BCUT2D eigenvalue weighted by Crippen LogP contribution is 2.30. The van der Waals surface area contributed by atoms with Crippen LogP contribution >= 0.6 is 0 Å². The van der Waals surface area contributed by atoms with E-state index >= 15 is 0 Å². The summed E-state index contributed by atoms with van der Waals surface area (Å²) in [5.41, 5.74) is 5.10. The van der Waals surface area contributed by atoms with E-state index in [0.29, 0.717) is 0 Å². The fraction of sp³-hybridized carbons (Fsp3) is 0.615. The minimum Gasteiger partial charge on any atom is -0.456 e. The predicted octanol–water partition coefficient (Wildman–Crippen LogP) is 2.69. The van der Waals surface area contributed by atoms with Crippen molar-refractivity contribution in [1.29, 1.82) is 0 Å². The van der Waals surface area contributed by atoms with Crippen molar-refractivity contribution in [1.82, 2.24) is 5.32 Å². The fourth-order valence-electron chi connectivity index (χ4n) is 1.50. The maximum absolute atomic E-state index is 12.4. The molecule has 0 saturated carbocycles. The number of alkyl carbamates (subject to hydrolysis) is 1. The van der Waals surface area contributed by atoms with E-state index in [2.05, 4.69) is 9.73 Å². The molecule has 1 rings (SSSR count). The molecule has 0 fully saturated rings. The number of carbonyl (C=O) groups is 1. The molecule has 1 heterocycles. The summed E-state index contributed by atoms with van der Waals surface area (Å²) in [4.78, 5) is 11.4. The highest BCUT2D eigenvalue weighted by molar-refractivity contribution is 5.67. The molecule has 3 N–H and O–H groups in total. The summed E-state index contributed by atoms with van der Waals surface area (Å²) in [6, 6.07) is 1.49. The number of ether oxygens (including phenoxy) is 1. The van der Waals surface area contributed by atoms with Gasteiger partial charge in [-0.3, -0.25) is 0 Å². The Kier molecular flexibility index (Phi) is 5.27. The third-order valence-electron chi connectivity index (χ3n) is 2.31. The number of nitrogens with one attached hydrogen (secondary N) is 1. The van der Waals surface area contributed by atoms with Gasteiger partial charge in [0, 0.05) is 19.0 Å². The Morgan fingerprint density at radius 3 is 2.48 bits per heavy atom. The lowest BCUT2D eigenvalue weighted by molar-refractivity contribution is -0.153. The Labute approximate surface area is 120 Å². The van der Waals surface area contributed by atoms with E-state index in [1.807, 2.05) is 0 Å². The zero-order valence-electron chi connectivity index (χ0n) is 12.1. The standard InChI is InChI=1S/C13H19F3N2O3/c1-12(2,3)21-11(19)18-7-8(17)6-9-4-5-10(20-9)13(14,15)16/h4-5,8H,6-7,17H2,1-3H3,(H,18,19). The number of rotatable bonds is 4. The number of alkyl halides is 3. The highest BCUT2D eigenvalue weighted by atomic mass is 19.4. The van der Waals surface area contributed by atoms with Gasteiger partial charge in [0.25, 0.3) is 0 Å². The molecule has 0 saturated heterocycles. The first-order chi connectivity index (χ1) is 9.47. The van der Waals surface area contributed by atoms with Gasteiger partial charge in [-0.2, -0.15) is 13.2 Å². The van der Waals surface area contributed by atoms with Gasteiger partial charge in [0.2, 0.25) is 5.76 Å². The van der Waals surface area contributed by atoms with E-state index in [1.54, 1.807) is 20.8 Å². The lowest BCUT2D eigenvalue weighted by Crippen LogP contribution is -2.41. The molecule has 120 valence electrons. The van der Waals surface area contributed by atoms with Crippen LogP contribution in [0.3, 0.4) is 0 Å². The van der Waals surface area contributed by atoms with E-state index in [4.69, 9.17) is 10.5 Å². The van der Waals surface area contributed by atoms with Crippen LogP contribution in [-0.2, 0) is 17.3 Å². The number of nitrogens with two attached hydrogens (primary N) is 1. The molecule has 5 nitrogen and oxygen atoms in total. The summed E-state index contributed by atoms with van der Waals surface area (Å²) >= 11 is 0. The van der Waals surface area contributed by atoms with Crippen molar-refractivity contribution in [3.63, 3.8) is 0 Å². The Balaban J connectivity index is 2.42. The van der Waals surface area contributed by atoms with Gasteiger partial charge in [-0.15, -0.1) is 0 Å². The van der Waals surface area contributed by atoms with Crippen molar-refractivity contribution >= 4 is 6.09 Å². The van der Waals surface area contributed by atoms with Crippen molar-refractivity contribution in [3.05, 3.63) is 23.7 Å². The zero-order chi connectivity index (χ0) is 16.3. The fourth-order valence-corrected chi connectivity index (χ4v) is 1.50. The molecule has 8 heteroatoms. The molecule has 0 aliphatic carbocycles. The zero-order valence-corrected chi connectivity index (χ0v) is 12.1. The van der Waals surface area contributed by atoms with Gasteiger partial charge in [0.05, 0.1) is 0 Å². The third kappa shape index (κ3) is 6.52. The summed E-state index contributed by atoms with van der Waals surface area (Å²) in [5, 5.41) is 2.45. The van der Waals surface area contributed by atoms with Crippen LogP contribution in [0, 0.1) is 0 Å². The molecule has 0 radical (unpaired) electrons. The quantitative estimate of drug-likeness (QED) is 0.896. The van der Waals surface area contributed by atoms with Crippen LogP contribution in [-0.4, -0.2) is 24.3 Å². The predicted molar refractivity (Wildman–Crippen MR) is 69.6 cm³/mol. The maximum atomic E-state index is 12.4. The first-order valence-electron chi connectivity index (χ1n) is 6.36. The van der Waals surface area contributed by atoms with Gasteiger partial charge in [-0.05, 0) is 32.9 Å². The van der Waals surface area contributed by atoms with Crippen molar-refractivity contribution in [2.45, 2.75) is 45.0 Å². The van der Waals surface area contributed by atoms with Crippen LogP contribution in [0.4, 0.5) is 18.0 Å². The van der Waals surface area contributed by atoms with Crippen LogP contribution in [0.15, 0.2) is 16.5 Å². The molecule has 0 aliphatic rings. The van der Waals surface area contributed by atoms with Gasteiger partial charge in [-0.25, -0.2) is 4.79 Å². The molecule has 0 spiro atoms. The van der Waals surface area contributed by atoms with Crippen molar-refractivity contribution < 1.29 is 27.1 Å². The molecule has 1 aromatic heterocycles. The van der Waals surface area contributed by atoms with E-state index < -0.39 is 29.7 Å². The molecule has 0 aliphatic heterocycles. The van der Waals surface area contributed by atoms with Crippen LogP contribution in [0.5, 0.6) is 0 Å². The number of halogens is 3. The molecule has 1 amide bonds. The maximum Gasteiger partial charge on any atom is 0.449 e. The Morgan fingerprint density at radius 1 is 1.38 bits per heavy atom. The number of carbonyl (C=O) groups excluding carboxylic acids is 1. The molecular weight excluding hydrogens is 289 g/mol. The Hall–Kier alpha value is -1.70. The highest BCUT2D eigenvalue weighted by Gasteiger charge is 2.34. The molecule has 0 bridgehead atoms. The van der Waals surface area contributed by atoms with Gasteiger partial charge in [0.15, 0.2) is 0 Å². The second-order valence-corrected chi connectivity index (χ2v) is 5.61. The minimum absolute atomic E-state index is 0.0664. The second-order valence-electron chi connectivity index (χ2n) is 5.61. The first-order valence-corrected chi connectivity index (χ1v) is 6.36. The van der Waals surface area contributed by atoms with E-state index in [1.165, 1.54) is 6.07 Å². The van der Waals surface area contributed by atoms with Crippen LogP contribution in [0.2, 0.25) is 0 Å². The van der Waals surface area contributed by atoms with Gasteiger partial charge >= 0.3 is 12.3 Å². The summed E-state index contributed by atoms with van der Waals surface area (Å²) in [6.07, 6.45) is -5.07. The van der Waals surface area contributed by atoms with Gasteiger partial charge < -0.3 is 20.2 Å². The minimum atomic E-state index is -4.52. The normalized spacial score (nSPS) is 13.9. The summed E-state index contributed by atoms with van der Waals surface area (Å²) in [7, 11) is 0. The average Bonchev–Trinajstić information content (AvgIpc) is 2.72. The van der Waals surface area contributed by atoms with Crippen LogP contribution in [0.25, 0.3) is 0 Å². The van der Waals surface area contributed by atoms with Gasteiger partial charge in [-0.1, -0.05) is 0 Å². The van der Waals surface area contributed by atoms with Gasteiger partial charge in [0.1, 0.15) is 11.4 Å². The molecule has 1 aromatic rings. The van der Waals surface area contributed by atoms with E-state index in [-0.39, 0.29) is 18.7 Å². The molecule has 0 aromatic carbocycles. The van der Waals surface area contributed by atoms with Crippen LogP contribution < -0.4 is 11.1 Å². The first kappa shape index (κ1) is 17.4. The smallest absolute Gasteiger partial charge is 0.449 e. The average molecular weight is 308 g/mol. The molecule has 1 unspecified atom stereocenters. The lowest BCUT2D eigenvalue weighted by Gasteiger charge is -2.20. The van der Waals surface area contributed by atoms with Crippen molar-refractivity contribution in [2.75, 3.05) is 6.54 Å². The number of hydrogen-bond donors (Lipinski definition) is 2. The van der Waals surface area contributed by atoms with Crippen molar-refractivity contribution in [2.24, 2.45) is 5.73 Å². The number of hydrogen-bond acceptors (Lipinski definition) is 4. The van der Waals surface area contributed by atoms with Crippen molar-refractivity contribution in [3.8, 4) is 0 Å². The number of furan rings is 1. The lowest BCUT2D eigenvalue weighted by atomic mass is 10.2.